The zero-order chi connectivity index (χ0) is 32.6. The Bertz CT molecular complexity index is 2170. The molecule has 3 aromatic heterocycles. The summed E-state index contributed by atoms with van der Waals surface area (Å²) in [5, 5.41) is 5.15. The molecule has 2 nitrogen and oxygen atoms in total. The Morgan fingerprint density at radius 3 is 2.38 bits per heavy atom. The van der Waals surface area contributed by atoms with Gasteiger partial charge in [-0.3, -0.25) is 0 Å². The first-order valence-electron chi connectivity index (χ1n) is 16.9. The Balaban J connectivity index is 0.000000201. The Morgan fingerprint density at radius 2 is 1.64 bits per heavy atom. The average molecular weight is 871 g/mol. The first-order chi connectivity index (χ1) is 22.7. The van der Waals surface area contributed by atoms with Gasteiger partial charge >= 0.3 is 99.8 Å². The Morgan fingerprint density at radius 1 is 0.830 bits per heavy atom. The van der Waals surface area contributed by atoms with Gasteiger partial charge in [0.1, 0.15) is 0 Å². The Hall–Kier alpha value is -3.15. The van der Waals surface area contributed by atoms with Crippen LogP contribution in [0.1, 0.15) is 45.4 Å². The summed E-state index contributed by atoms with van der Waals surface area (Å²) in [5.74, 6) is 7.00. The molecule has 1 radical (unpaired) electrons. The summed E-state index contributed by atoms with van der Waals surface area (Å²) in [6.07, 6.45) is 8.73. The number of fused-ring (bicyclic) bond motifs is 5. The van der Waals surface area contributed by atoms with Gasteiger partial charge in [0, 0.05) is 32.4 Å². The van der Waals surface area contributed by atoms with Gasteiger partial charge < -0.3 is 4.98 Å². The van der Waals surface area contributed by atoms with E-state index in [1.54, 1.807) is 0 Å². The summed E-state index contributed by atoms with van der Waals surface area (Å²) < 4.78 is 13.1. The summed E-state index contributed by atoms with van der Waals surface area (Å²) in [7, 11) is 0. The molecule has 0 bridgehead atoms. The maximum atomic E-state index is 9.13. The van der Waals surface area contributed by atoms with Gasteiger partial charge in [0.2, 0.25) is 0 Å². The molecule has 7 aromatic rings. The van der Waals surface area contributed by atoms with Crippen molar-refractivity contribution in [1.29, 1.82) is 0 Å². The molecule has 0 spiro atoms. The average Bonchev–Trinajstić information content (AvgIpc) is 3.78. The molecular formula is C42H40GeIrN2S-2. The maximum Gasteiger partial charge on any atom is 0 e. The van der Waals surface area contributed by atoms with E-state index < -0.39 is 19.2 Å². The van der Waals surface area contributed by atoms with Crippen molar-refractivity contribution in [2.24, 2.45) is 5.92 Å². The van der Waals surface area contributed by atoms with Crippen LogP contribution < -0.4 is 4.40 Å². The normalized spacial score (nSPS) is 15.1. The van der Waals surface area contributed by atoms with E-state index in [-0.39, 0.29) is 20.1 Å². The van der Waals surface area contributed by atoms with Gasteiger partial charge in [-0.2, -0.15) is 11.3 Å². The van der Waals surface area contributed by atoms with Crippen molar-refractivity contribution >= 4 is 59.9 Å². The van der Waals surface area contributed by atoms with Crippen LogP contribution in [0.4, 0.5) is 0 Å². The molecule has 1 aliphatic rings. The fraction of sp³-hybridized carbons (Fsp3) is 0.238. The van der Waals surface area contributed by atoms with Gasteiger partial charge in [0.25, 0.3) is 0 Å². The summed E-state index contributed by atoms with van der Waals surface area (Å²) in [4.78, 5) is 9.26. The molecule has 8 rings (SSSR count). The van der Waals surface area contributed by atoms with E-state index >= 15 is 0 Å². The molecule has 0 saturated heterocycles. The standard InChI is InChI=1S/C28H24NS.C14H16GeN.Ir/c1-18(19-7-2-3-8-19)21-15-16-29-25(17-21)23-11-6-12-24-27-22-10-5-4-9-20(22)13-14-26(27)30-28(23)24;1-15(2,3)13-9-10-14(16-11-13)12-7-5-4-6-8-12;/h4-6,9-10,12-19H,2-3,7-8H2,1H3;4-7,9-11H,1-3H3;/q2*-1;/i18D;;. The van der Waals surface area contributed by atoms with E-state index in [1.165, 1.54) is 48.2 Å². The molecule has 4 aromatic carbocycles. The second-order valence-electron chi connectivity index (χ2n) is 13.4. The molecule has 5 heteroatoms. The first kappa shape index (κ1) is 32.4. The molecule has 1 aliphatic carbocycles. The third kappa shape index (κ3) is 7.17. The van der Waals surface area contributed by atoms with Crippen molar-refractivity contribution in [3.8, 4) is 22.5 Å². The van der Waals surface area contributed by atoms with Crippen molar-refractivity contribution in [1.82, 2.24) is 9.97 Å². The number of pyridine rings is 2. The SMILES string of the molecule is [2H]C(C)(c1ccnc(-c2[c-]ccc3c2sc2ccc4ccccc4c23)c1)C1CCCC1.[CH3][Ge]([CH3])([CH3])[c]1ccc(-c2[c-]cccc2)nc1.[Ir]. The molecule has 1 unspecified atom stereocenters. The monoisotopic (exact) mass is 872 g/mol. The zero-order valence-corrected chi connectivity index (χ0v) is 32.7. The van der Waals surface area contributed by atoms with Gasteiger partial charge in [-0.15, -0.1) is 23.8 Å². The van der Waals surface area contributed by atoms with Crippen LogP contribution in [-0.2, 0) is 20.1 Å². The number of hydrogen-bond acceptors (Lipinski definition) is 3. The van der Waals surface area contributed by atoms with Crippen molar-refractivity contribution in [2.75, 3.05) is 0 Å². The van der Waals surface area contributed by atoms with E-state index in [9.17, 15) is 0 Å². The van der Waals surface area contributed by atoms with Crippen molar-refractivity contribution in [3.05, 3.63) is 127 Å². The summed E-state index contributed by atoms with van der Waals surface area (Å²) in [5.41, 5.74) is 5.12. The molecule has 1 saturated carbocycles. The van der Waals surface area contributed by atoms with Gasteiger partial charge in [0.15, 0.2) is 0 Å². The van der Waals surface area contributed by atoms with Crippen LogP contribution in [0.5, 0.6) is 0 Å². The molecule has 1 atom stereocenters. The van der Waals surface area contributed by atoms with E-state index in [1.807, 2.05) is 60.1 Å². The fourth-order valence-corrected chi connectivity index (χ4v) is 10.1. The summed E-state index contributed by atoms with van der Waals surface area (Å²) in [6.45, 7) is 2.08. The predicted octanol–water partition coefficient (Wildman–Crippen LogP) is 11.5. The van der Waals surface area contributed by atoms with Crippen LogP contribution in [0.15, 0.2) is 109 Å². The largest absolute Gasteiger partial charge is 0 e. The zero-order valence-electron chi connectivity index (χ0n) is 28.4. The van der Waals surface area contributed by atoms with Crippen LogP contribution in [0.3, 0.4) is 0 Å². The van der Waals surface area contributed by atoms with Crippen LogP contribution in [0.2, 0.25) is 17.3 Å². The van der Waals surface area contributed by atoms with Crippen LogP contribution in [-0.4, -0.2) is 23.2 Å². The Kier molecular flexibility index (Phi) is 10.0. The Labute approximate surface area is 300 Å². The van der Waals surface area contributed by atoms with Gasteiger partial charge in [0.05, 0.1) is 0 Å². The molecule has 0 N–H and O–H groups in total. The minimum Gasteiger partial charge on any atom is 0 e. The molecule has 3 heterocycles. The predicted molar refractivity (Wildman–Crippen MR) is 201 cm³/mol. The summed E-state index contributed by atoms with van der Waals surface area (Å²) >= 11 is 0.103. The topological polar surface area (TPSA) is 25.8 Å². The van der Waals surface area contributed by atoms with Crippen LogP contribution in [0.25, 0.3) is 53.5 Å². The number of benzene rings is 4. The number of aromatic nitrogens is 2. The molecule has 239 valence electrons. The minimum absolute atomic E-state index is 0. The number of rotatable bonds is 5. The number of hydrogen-bond donors (Lipinski definition) is 0. The van der Waals surface area contributed by atoms with Crippen LogP contribution >= 0.6 is 11.3 Å². The minimum atomic E-state index is -1.72. The molecule has 47 heavy (non-hydrogen) atoms. The maximum absolute atomic E-state index is 9.13. The fourth-order valence-electron chi connectivity index (χ4n) is 6.66. The van der Waals surface area contributed by atoms with E-state index in [4.69, 9.17) is 6.35 Å². The molecule has 0 aliphatic heterocycles. The van der Waals surface area contributed by atoms with E-state index in [0.29, 0.717) is 5.92 Å². The van der Waals surface area contributed by atoms with Crippen molar-refractivity contribution < 1.29 is 21.5 Å². The third-order valence-corrected chi connectivity index (χ3v) is 14.8. The van der Waals surface area contributed by atoms with E-state index in [2.05, 4.69) is 102 Å². The molecular weight excluding hydrogens is 829 g/mol. The second kappa shape index (κ2) is 14.5. The van der Waals surface area contributed by atoms with E-state index in [0.717, 1.165) is 40.9 Å². The third-order valence-electron chi connectivity index (χ3n) is 9.37. The van der Waals surface area contributed by atoms with Gasteiger partial charge in [-0.05, 0) is 63.3 Å². The quantitative estimate of drug-likeness (QED) is 0.127. The van der Waals surface area contributed by atoms with Gasteiger partial charge in [-0.1, -0.05) is 67.1 Å². The van der Waals surface area contributed by atoms with Gasteiger partial charge in [-0.25, -0.2) is 0 Å². The molecule has 0 amide bonds. The smallest absolute Gasteiger partial charge is 0 e. The first-order valence-corrected chi connectivity index (χ1v) is 24.5. The number of nitrogens with zero attached hydrogens (tertiary/aromatic N) is 2. The summed E-state index contributed by atoms with van der Waals surface area (Å²) in [6, 6.07) is 40.4. The second-order valence-corrected chi connectivity index (χ2v) is 25.1. The number of thiophene rings is 1. The van der Waals surface area contributed by atoms with Crippen molar-refractivity contribution in [3.63, 3.8) is 0 Å². The van der Waals surface area contributed by atoms with Crippen molar-refractivity contribution in [2.45, 2.75) is 55.8 Å². The molecule has 1 fully saturated rings. The van der Waals surface area contributed by atoms with Crippen LogP contribution in [0, 0.1) is 18.1 Å².